The summed E-state index contributed by atoms with van der Waals surface area (Å²) < 4.78 is 0. The third-order valence-corrected chi connectivity index (χ3v) is 2.48. The van der Waals surface area contributed by atoms with Gasteiger partial charge in [-0.25, -0.2) is 0 Å². The van der Waals surface area contributed by atoms with Gasteiger partial charge in [0, 0.05) is 6.20 Å². The highest BCUT2D eigenvalue weighted by Crippen LogP contribution is 2.41. The number of pyridine rings is 1. The van der Waals surface area contributed by atoms with Gasteiger partial charge < -0.3 is 10.2 Å². The van der Waals surface area contributed by atoms with E-state index < -0.39 is 0 Å². The van der Waals surface area contributed by atoms with E-state index in [2.05, 4.69) is 4.98 Å². The predicted octanol–water partition coefficient (Wildman–Crippen LogP) is 2.95. The number of halogens is 2. The molecule has 0 fully saturated rings. The summed E-state index contributed by atoms with van der Waals surface area (Å²) in [7, 11) is 0. The minimum absolute atomic E-state index is 0.0461. The van der Waals surface area contributed by atoms with Gasteiger partial charge in [0.05, 0.1) is 20.9 Å². The van der Waals surface area contributed by atoms with Crippen molar-refractivity contribution in [1.82, 2.24) is 4.98 Å². The Labute approximate surface area is 89.5 Å². The second-order valence-corrected chi connectivity index (χ2v) is 3.56. The van der Waals surface area contributed by atoms with Gasteiger partial charge in [0.15, 0.2) is 11.5 Å². The minimum Gasteiger partial charge on any atom is -0.504 e. The van der Waals surface area contributed by atoms with E-state index in [0.29, 0.717) is 15.9 Å². The lowest BCUT2D eigenvalue weighted by Gasteiger charge is -2.05. The van der Waals surface area contributed by atoms with Gasteiger partial charge in [0.25, 0.3) is 0 Å². The summed E-state index contributed by atoms with van der Waals surface area (Å²) in [5.74, 6) is -0.723. The third kappa shape index (κ3) is 1.25. The molecule has 0 saturated heterocycles. The summed E-state index contributed by atoms with van der Waals surface area (Å²) in [5.41, 5.74) is 0.442. The van der Waals surface area contributed by atoms with Crippen LogP contribution in [0.5, 0.6) is 11.5 Å². The summed E-state index contributed by atoms with van der Waals surface area (Å²) in [4.78, 5) is 3.96. The van der Waals surface area contributed by atoms with Crippen molar-refractivity contribution in [3.05, 3.63) is 28.4 Å². The maximum absolute atomic E-state index is 9.56. The van der Waals surface area contributed by atoms with E-state index >= 15 is 0 Å². The van der Waals surface area contributed by atoms with Crippen molar-refractivity contribution in [2.24, 2.45) is 0 Å². The summed E-state index contributed by atoms with van der Waals surface area (Å²) in [6, 6.07) is 2.97. The van der Waals surface area contributed by atoms with Crippen molar-refractivity contribution in [3.8, 4) is 11.5 Å². The highest BCUT2D eigenvalue weighted by molar-refractivity contribution is 6.37. The molecule has 1 heterocycles. The minimum atomic E-state index is -0.380. The lowest BCUT2D eigenvalue weighted by Crippen LogP contribution is -1.82. The van der Waals surface area contributed by atoms with Crippen LogP contribution >= 0.6 is 23.2 Å². The molecule has 0 spiro atoms. The van der Waals surface area contributed by atoms with Gasteiger partial charge in [-0.05, 0) is 12.1 Å². The number of nitrogens with zero attached hydrogens (tertiary/aromatic N) is 1. The Balaban J connectivity index is 2.99. The molecule has 3 nitrogen and oxygen atoms in total. The lowest BCUT2D eigenvalue weighted by atomic mass is 10.2. The van der Waals surface area contributed by atoms with Crippen molar-refractivity contribution in [3.63, 3.8) is 0 Å². The highest BCUT2D eigenvalue weighted by atomic mass is 35.5. The number of aromatic nitrogens is 1. The van der Waals surface area contributed by atoms with Crippen LogP contribution in [0.4, 0.5) is 0 Å². The fourth-order valence-electron chi connectivity index (χ4n) is 1.22. The average molecular weight is 230 g/mol. The fraction of sp³-hybridized carbons (Fsp3) is 0. The Kier molecular flexibility index (Phi) is 2.13. The van der Waals surface area contributed by atoms with Crippen molar-refractivity contribution in [1.29, 1.82) is 0 Å². The van der Waals surface area contributed by atoms with E-state index in [9.17, 15) is 10.2 Å². The van der Waals surface area contributed by atoms with E-state index in [1.165, 1.54) is 18.3 Å². The summed E-state index contributed by atoms with van der Waals surface area (Å²) in [6.07, 6.45) is 1.50. The maximum atomic E-state index is 9.56. The maximum Gasteiger partial charge on any atom is 0.177 e. The Morgan fingerprint density at radius 1 is 1.07 bits per heavy atom. The van der Waals surface area contributed by atoms with E-state index in [1.54, 1.807) is 0 Å². The van der Waals surface area contributed by atoms with Crippen LogP contribution in [-0.4, -0.2) is 15.2 Å². The SMILES string of the molecule is Oc1c(Cl)cc2nccc(Cl)c2c1O. The van der Waals surface area contributed by atoms with Crippen LogP contribution in [0.1, 0.15) is 0 Å². The first-order chi connectivity index (χ1) is 6.61. The van der Waals surface area contributed by atoms with Gasteiger partial charge >= 0.3 is 0 Å². The molecule has 0 unspecified atom stereocenters. The van der Waals surface area contributed by atoms with Gasteiger partial charge in [0.1, 0.15) is 0 Å². The van der Waals surface area contributed by atoms with Crippen molar-refractivity contribution >= 4 is 34.1 Å². The highest BCUT2D eigenvalue weighted by Gasteiger charge is 2.13. The number of phenolic OH excluding ortho intramolecular Hbond substituents is 2. The summed E-state index contributed by atoms with van der Waals surface area (Å²) in [6.45, 7) is 0. The van der Waals surface area contributed by atoms with Crippen molar-refractivity contribution in [2.45, 2.75) is 0 Å². The largest absolute Gasteiger partial charge is 0.504 e. The summed E-state index contributed by atoms with van der Waals surface area (Å²) in [5, 5.41) is 19.6. The number of hydrogen-bond donors (Lipinski definition) is 2. The number of aromatic hydroxyl groups is 2. The second kappa shape index (κ2) is 3.19. The molecule has 0 radical (unpaired) electrons. The molecule has 5 heteroatoms. The number of phenols is 2. The van der Waals surface area contributed by atoms with Crippen LogP contribution in [0.3, 0.4) is 0 Å². The Morgan fingerprint density at radius 3 is 2.50 bits per heavy atom. The van der Waals surface area contributed by atoms with E-state index in [0.717, 1.165) is 0 Å². The third-order valence-electron chi connectivity index (χ3n) is 1.88. The average Bonchev–Trinajstić information content (AvgIpc) is 2.14. The summed E-state index contributed by atoms with van der Waals surface area (Å²) >= 11 is 11.5. The van der Waals surface area contributed by atoms with Gasteiger partial charge in [-0.3, -0.25) is 4.98 Å². The number of rotatable bonds is 0. The quantitative estimate of drug-likeness (QED) is 0.684. The number of benzene rings is 1. The van der Waals surface area contributed by atoms with Gasteiger partial charge in [-0.1, -0.05) is 23.2 Å². The smallest absolute Gasteiger partial charge is 0.177 e. The van der Waals surface area contributed by atoms with E-state index in [-0.39, 0.29) is 16.5 Å². The predicted molar refractivity (Wildman–Crippen MR) is 55.1 cm³/mol. The molecule has 0 aliphatic heterocycles. The van der Waals surface area contributed by atoms with Crippen LogP contribution in [0, 0.1) is 0 Å². The van der Waals surface area contributed by atoms with Crippen molar-refractivity contribution in [2.75, 3.05) is 0 Å². The fourth-order valence-corrected chi connectivity index (χ4v) is 1.65. The molecule has 72 valence electrons. The molecule has 0 saturated carbocycles. The normalized spacial score (nSPS) is 10.7. The molecule has 0 aliphatic rings. The number of fused-ring (bicyclic) bond motifs is 1. The van der Waals surface area contributed by atoms with Crippen LogP contribution in [0.25, 0.3) is 10.9 Å². The molecule has 0 atom stereocenters. The molecular weight excluding hydrogens is 225 g/mol. The molecule has 0 bridgehead atoms. The molecule has 2 N–H and O–H groups in total. The van der Waals surface area contributed by atoms with Gasteiger partial charge in [-0.15, -0.1) is 0 Å². The second-order valence-electron chi connectivity index (χ2n) is 2.74. The molecule has 2 aromatic rings. The molecule has 2 rings (SSSR count). The molecule has 14 heavy (non-hydrogen) atoms. The van der Waals surface area contributed by atoms with Gasteiger partial charge in [0.2, 0.25) is 0 Å². The molecule has 1 aromatic heterocycles. The first-order valence-corrected chi connectivity index (χ1v) is 4.51. The van der Waals surface area contributed by atoms with Crippen LogP contribution in [0.2, 0.25) is 10.0 Å². The number of hydrogen-bond acceptors (Lipinski definition) is 3. The van der Waals surface area contributed by atoms with Crippen LogP contribution < -0.4 is 0 Å². The van der Waals surface area contributed by atoms with E-state index in [4.69, 9.17) is 23.2 Å². The lowest BCUT2D eigenvalue weighted by molar-refractivity contribution is 0.408. The van der Waals surface area contributed by atoms with Crippen molar-refractivity contribution < 1.29 is 10.2 Å². The Bertz CT molecular complexity index is 514. The zero-order chi connectivity index (χ0) is 10.3. The molecule has 1 aromatic carbocycles. The Hall–Kier alpha value is -1.19. The zero-order valence-corrected chi connectivity index (χ0v) is 8.34. The monoisotopic (exact) mass is 229 g/mol. The van der Waals surface area contributed by atoms with Crippen LogP contribution in [0.15, 0.2) is 18.3 Å². The van der Waals surface area contributed by atoms with Gasteiger partial charge in [-0.2, -0.15) is 0 Å². The van der Waals surface area contributed by atoms with Crippen LogP contribution in [-0.2, 0) is 0 Å². The zero-order valence-electron chi connectivity index (χ0n) is 6.83. The molecule has 0 aliphatic carbocycles. The first kappa shape index (κ1) is 9.37. The topological polar surface area (TPSA) is 53.4 Å². The van der Waals surface area contributed by atoms with E-state index in [1.807, 2.05) is 0 Å². The molecule has 0 amide bonds. The molecular formula is C9H5Cl2NO2. The standard InChI is InChI=1S/C9H5Cl2NO2/c10-4-1-2-12-6-3-5(11)8(13)9(14)7(4)6/h1-3,13-14H. The first-order valence-electron chi connectivity index (χ1n) is 3.76. The Morgan fingerprint density at radius 2 is 1.79 bits per heavy atom.